The summed E-state index contributed by atoms with van der Waals surface area (Å²) in [5.74, 6) is 0. The molecule has 67 heavy (non-hydrogen) atoms. The Kier molecular flexibility index (Phi) is 11.4. The van der Waals surface area contributed by atoms with Crippen molar-refractivity contribution in [2.45, 2.75) is 39.5 Å². The summed E-state index contributed by atoms with van der Waals surface area (Å²) in [4.78, 5) is 14.1. The fourth-order valence-corrected chi connectivity index (χ4v) is 9.23. The van der Waals surface area contributed by atoms with E-state index in [-0.39, 0.29) is 0 Å². The van der Waals surface area contributed by atoms with Gasteiger partial charge in [-0.05, 0) is 149 Å². The van der Waals surface area contributed by atoms with Gasteiger partial charge in [-0.3, -0.25) is 15.0 Å². The quantitative estimate of drug-likeness (QED) is 0.123. The molecule has 0 N–H and O–H groups in total. The van der Waals surface area contributed by atoms with Gasteiger partial charge in [-0.1, -0.05) is 152 Å². The first-order valence-corrected chi connectivity index (χ1v) is 23.2. The Morgan fingerprint density at radius 1 is 0.328 bits per heavy atom. The lowest BCUT2D eigenvalue weighted by Gasteiger charge is -2.15. The van der Waals surface area contributed by atoms with Crippen LogP contribution in [0.5, 0.6) is 0 Å². The van der Waals surface area contributed by atoms with Crippen LogP contribution in [0.3, 0.4) is 0 Å². The fraction of sp³-hybridized carbons (Fsp3) is 0.0952. The maximum absolute atomic E-state index is 6.22. The lowest BCUT2D eigenvalue weighted by molar-refractivity contribution is 0.669. The largest absolute Gasteiger partial charge is 0.456 e. The van der Waals surface area contributed by atoms with Gasteiger partial charge in [0.15, 0.2) is 0 Å². The number of hydrogen-bond acceptors (Lipinski definition) is 4. The van der Waals surface area contributed by atoms with Crippen molar-refractivity contribution in [3.8, 4) is 67.2 Å². The summed E-state index contributed by atoms with van der Waals surface area (Å²) in [5.41, 5.74) is 22.8. The lowest BCUT2D eigenvalue weighted by atomic mass is 9.90. The molecule has 0 bridgehead atoms. The van der Waals surface area contributed by atoms with E-state index < -0.39 is 0 Å². The van der Waals surface area contributed by atoms with E-state index in [4.69, 9.17) is 9.40 Å². The van der Waals surface area contributed by atoms with Gasteiger partial charge in [-0.15, -0.1) is 0 Å². The molecule has 0 fully saturated rings. The number of benzene rings is 7. The smallest absolute Gasteiger partial charge is 0.136 e. The zero-order valence-corrected chi connectivity index (χ0v) is 37.8. The van der Waals surface area contributed by atoms with E-state index in [1.54, 1.807) is 0 Å². The Balaban J connectivity index is 0.865. The Labute approximate surface area is 392 Å². The topological polar surface area (TPSA) is 51.8 Å². The number of furan rings is 1. The Hall–Kier alpha value is -8.21. The van der Waals surface area contributed by atoms with Crippen LogP contribution in [-0.4, -0.2) is 15.0 Å². The van der Waals surface area contributed by atoms with Gasteiger partial charge in [0.25, 0.3) is 0 Å². The van der Waals surface area contributed by atoms with E-state index in [0.717, 1.165) is 92.5 Å². The molecule has 322 valence electrons. The monoisotopic (exact) mass is 863 g/mol. The van der Waals surface area contributed by atoms with Crippen LogP contribution < -0.4 is 0 Å². The Morgan fingerprint density at radius 2 is 0.821 bits per heavy atom. The molecule has 4 heteroatoms. The highest BCUT2D eigenvalue weighted by Gasteiger charge is 2.14. The summed E-state index contributed by atoms with van der Waals surface area (Å²) in [6, 6.07) is 70.1. The molecular weight excluding hydrogens is 815 g/mol. The zero-order valence-electron chi connectivity index (χ0n) is 37.8. The van der Waals surface area contributed by atoms with Crippen LogP contribution in [-0.2, 0) is 25.7 Å². The number of aromatic nitrogens is 3. The molecule has 4 aromatic heterocycles. The van der Waals surface area contributed by atoms with Gasteiger partial charge < -0.3 is 4.42 Å². The molecule has 0 aliphatic rings. The molecular formula is C63H49N3O. The summed E-state index contributed by atoms with van der Waals surface area (Å²) >= 11 is 0. The highest BCUT2D eigenvalue weighted by atomic mass is 16.3. The molecule has 4 heterocycles. The summed E-state index contributed by atoms with van der Waals surface area (Å²) in [6.45, 7) is 4.14. The first kappa shape index (κ1) is 41.5. The van der Waals surface area contributed by atoms with Gasteiger partial charge in [0.1, 0.15) is 11.2 Å². The molecule has 4 nitrogen and oxygen atoms in total. The van der Waals surface area contributed by atoms with Crippen molar-refractivity contribution in [3.05, 3.63) is 246 Å². The van der Waals surface area contributed by atoms with E-state index in [9.17, 15) is 0 Å². The van der Waals surface area contributed by atoms with Crippen LogP contribution in [0.1, 0.15) is 33.4 Å². The van der Waals surface area contributed by atoms with Crippen LogP contribution in [0.4, 0.5) is 0 Å². The fourth-order valence-electron chi connectivity index (χ4n) is 9.23. The number of fused-ring (bicyclic) bond motifs is 3. The second kappa shape index (κ2) is 18.3. The van der Waals surface area contributed by atoms with Crippen LogP contribution in [0.25, 0.3) is 89.1 Å². The molecule has 7 aromatic carbocycles. The van der Waals surface area contributed by atoms with E-state index in [0.29, 0.717) is 0 Å². The van der Waals surface area contributed by atoms with Crippen molar-refractivity contribution in [1.29, 1.82) is 0 Å². The molecule has 0 saturated heterocycles. The minimum atomic E-state index is 0.890. The van der Waals surface area contributed by atoms with Gasteiger partial charge in [-0.2, -0.15) is 0 Å². The van der Waals surface area contributed by atoms with Crippen molar-refractivity contribution in [3.63, 3.8) is 0 Å². The van der Waals surface area contributed by atoms with Gasteiger partial charge in [0.05, 0.1) is 17.1 Å². The number of para-hydroxylation sites is 1. The number of rotatable bonds is 12. The van der Waals surface area contributed by atoms with Crippen LogP contribution in [0.2, 0.25) is 0 Å². The van der Waals surface area contributed by atoms with E-state index in [2.05, 4.69) is 206 Å². The van der Waals surface area contributed by atoms with Gasteiger partial charge in [-0.25, -0.2) is 0 Å². The second-order valence-electron chi connectivity index (χ2n) is 17.7. The van der Waals surface area contributed by atoms with Crippen LogP contribution >= 0.6 is 0 Å². The molecule has 11 aromatic rings. The van der Waals surface area contributed by atoms with E-state index in [1.165, 1.54) is 55.6 Å². The summed E-state index contributed by atoms with van der Waals surface area (Å²) < 4.78 is 6.22. The highest BCUT2D eigenvalue weighted by molar-refractivity contribution is 6.06. The molecule has 0 amide bonds. The van der Waals surface area contributed by atoms with Gasteiger partial charge >= 0.3 is 0 Å². The second-order valence-corrected chi connectivity index (χ2v) is 17.7. The van der Waals surface area contributed by atoms with E-state index >= 15 is 0 Å². The average molecular weight is 864 g/mol. The predicted molar refractivity (Wildman–Crippen MR) is 277 cm³/mol. The molecule has 0 atom stereocenters. The van der Waals surface area contributed by atoms with Gasteiger partial charge in [0.2, 0.25) is 0 Å². The lowest BCUT2D eigenvalue weighted by Crippen LogP contribution is -1.98. The number of aryl methyl sites for hydroxylation is 6. The minimum absolute atomic E-state index is 0.890. The molecule has 0 aliphatic carbocycles. The Bertz CT molecular complexity index is 3380. The summed E-state index contributed by atoms with van der Waals surface area (Å²) in [5, 5.41) is 2.27. The molecule has 0 radical (unpaired) electrons. The van der Waals surface area contributed by atoms with Crippen molar-refractivity contribution in [2.75, 3.05) is 0 Å². The van der Waals surface area contributed by atoms with Crippen LogP contribution in [0.15, 0.2) is 217 Å². The number of nitrogens with zero attached hydrogens (tertiary/aromatic N) is 3. The van der Waals surface area contributed by atoms with E-state index in [1.807, 2.05) is 30.7 Å². The minimum Gasteiger partial charge on any atom is -0.456 e. The third-order valence-electron chi connectivity index (χ3n) is 13.0. The third-order valence-corrected chi connectivity index (χ3v) is 13.0. The summed E-state index contributed by atoms with van der Waals surface area (Å²) in [6.07, 6.45) is 9.55. The highest BCUT2D eigenvalue weighted by Crippen LogP contribution is 2.37. The van der Waals surface area contributed by atoms with Gasteiger partial charge in [0, 0.05) is 46.1 Å². The number of hydrogen-bond donors (Lipinski definition) is 0. The summed E-state index contributed by atoms with van der Waals surface area (Å²) in [7, 11) is 0. The predicted octanol–water partition coefficient (Wildman–Crippen LogP) is 16.0. The molecule has 0 unspecified atom stereocenters. The third kappa shape index (κ3) is 9.07. The number of pyridine rings is 3. The van der Waals surface area contributed by atoms with Crippen molar-refractivity contribution < 1.29 is 4.42 Å². The maximum atomic E-state index is 6.22. The first-order chi connectivity index (χ1) is 33.0. The van der Waals surface area contributed by atoms with Crippen molar-refractivity contribution >= 4 is 21.9 Å². The molecule has 11 rings (SSSR count). The van der Waals surface area contributed by atoms with Crippen molar-refractivity contribution in [2.24, 2.45) is 0 Å². The first-order valence-electron chi connectivity index (χ1n) is 23.2. The maximum Gasteiger partial charge on any atom is 0.136 e. The molecule has 0 aliphatic heterocycles. The standard InChI is InChI=1S/C63H49N3O/c1-42-11-31-59(65-40-42)49-21-17-44(18-22-49)13-15-46-35-47(16-14-45-19-23-50(24-20-45)60-32-12-43(2)41-66-60)37-54(36-46)56-8-4-3-7-55(56)48-25-27-51(28-26-48)61-38-53(33-34-64-61)52-29-30-58-57-9-5-6-10-62(57)67-63(58)39-52/h3-12,17-41H,13-16H2,1-2H3. The molecule has 0 saturated carbocycles. The molecule has 0 spiro atoms. The zero-order chi connectivity index (χ0) is 45.1. The normalized spacial score (nSPS) is 11.4. The SMILES string of the molecule is Cc1ccc(-c2ccc(CCc3cc(CCc4ccc(-c5ccc(C)cn5)cc4)cc(-c4ccccc4-c4ccc(-c5cc(-c6ccc7c(c6)oc6ccccc67)ccn5)cc4)c3)cc2)nc1. The Morgan fingerprint density at radius 3 is 1.43 bits per heavy atom. The van der Waals surface area contributed by atoms with Crippen LogP contribution in [0, 0.1) is 13.8 Å². The average Bonchev–Trinajstić information content (AvgIpc) is 3.76. The van der Waals surface area contributed by atoms with Crippen molar-refractivity contribution in [1.82, 2.24) is 15.0 Å².